The minimum absolute atomic E-state index is 0.0971. The number of amides is 1. The number of hydrogen-bond acceptors (Lipinski definition) is 6. The van der Waals surface area contributed by atoms with E-state index in [9.17, 15) is 9.59 Å². The summed E-state index contributed by atoms with van der Waals surface area (Å²) in [5, 5.41) is 4.64. The minimum atomic E-state index is -0.197. The Morgan fingerprint density at radius 1 is 1.23 bits per heavy atom. The molecule has 35 heavy (non-hydrogen) atoms. The first-order valence-corrected chi connectivity index (χ1v) is 13.5. The summed E-state index contributed by atoms with van der Waals surface area (Å²) >= 11 is 9.25. The van der Waals surface area contributed by atoms with E-state index >= 15 is 0 Å². The predicted octanol–water partition coefficient (Wildman–Crippen LogP) is 6.03. The molecule has 9 heteroatoms. The summed E-state index contributed by atoms with van der Waals surface area (Å²) in [5.74, 6) is 0.562. The Balaban J connectivity index is 1.54. The molecule has 0 saturated carbocycles. The van der Waals surface area contributed by atoms with Gasteiger partial charge in [0.1, 0.15) is 10.6 Å². The Bertz CT molecular complexity index is 1500. The summed E-state index contributed by atoms with van der Waals surface area (Å²) in [6, 6.07) is 12.7. The molecular weight excluding hydrogens is 502 g/mol. The number of anilines is 1. The van der Waals surface area contributed by atoms with Gasteiger partial charge in [0.15, 0.2) is 5.16 Å². The van der Waals surface area contributed by atoms with Gasteiger partial charge in [-0.25, -0.2) is 4.98 Å². The van der Waals surface area contributed by atoms with Crippen molar-refractivity contribution < 1.29 is 9.53 Å². The Morgan fingerprint density at radius 2 is 2.03 bits per heavy atom. The second kappa shape index (κ2) is 10.0. The van der Waals surface area contributed by atoms with Gasteiger partial charge in [-0.1, -0.05) is 35.5 Å². The fourth-order valence-corrected chi connectivity index (χ4v) is 6.64. The average Bonchev–Trinajstić information content (AvgIpc) is 3.24. The molecular formula is C26H24ClN3O3S2. The summed E-state index contributed by atoms with van der Waals surface area (Å²) in [4.78, 5) is 33.6. The van der Waals surface area contributed by atoms with E-state index in [4.69, 9.17) is 21.3 Å². The van der Waals surface area contributed by atoms with Crippen LogP contribution in [-0.4, -0.2) is 28.3 Å². The topological polar surface area (TPSA) is 73.2 Å². The van der Waals surface area contributed by atoms with Gasteiger partial charge in [-0.2, -0.15) is 0 Å². The van der Waals surface area contributed by atoms with Crippen LogP contribution in [0.3, 0.4) is 0 Å². The van der Waals surface area contributed by atoms with E-state index in [-0.39, 0.29) is 17.2 Å². The van der Waals surface area contributed by atoms with Gasteiger partial charge in [-0.15, -0.1) is 11.3 Å². The van der Waals surface area contributed by atoms with Crippen LogP contribution in [0.1, 0.15) is 28.8 Å². The number of methoxy groups -OCH3 is 1. The lowest BCUT2D eigenvalue weighted by atomic mass is 9.97. The van der Waals surface area contributed by atoms with E-state index in [1.54, 1.807) is 41.2 Å². The summed E-state index contributed by atoms with van der Waals surface area (Å²) in [7, 11) is 1.58. The van der Waals surface area contributed by atoms with Crippen molar-refractivity contribution in [3.05, 3.63) is 73.8 Å². The molecule has 2 aromatic heterocycles. The number of thioether (sulfide) groups is 1. The molecule has 0 bridgehead atoms. The molecule has 1 amide bonds. The first-order chi connectivity index (χ1) is 17.0. The van der Waals surface area contributed by atoms with Crippen LogP contribution in [0.4, 0.5) is 5.69 Å². The fraction of sp³-hybridized carbons (Fsp3) is 0.269. The molecule has 180 valence electrons. The molecule has 6 nitrogen and oxygen atoms in total. The highest BCUT2D eigenvalue weighted by molar-refractivity contribution is 7.99. The van der Waals surface area contributed by atoms with Crippen molar-refractivity contribution in [3.63, 3.8) is 0 Å². The van der Waals surface area contributed by atoms with Crippen molar-refractivity contribution >= 4 is 56.5 Å². The maximum absolute atomic E-state index is 13.9. The number of aryl methyl sites for hydroxylation is 2. The van der Waals surface area contributed by atoms with Crippen molar-refractivity contribution in [1.82, 2.24) is 9.55 Å². The summed E-state index contributed by atoms with van der Waals surface area (Å²) in [6.07, 6.45) is 4.09. The number of ether oxygens (including phenoxy) is 1. The zero-order chi connectivity index (χ0) is 24.5. The number of carbonyl (C=O) groups is 1. The normalized spacial score (nSPS) is 13.0. The van der Waals surface area contributed by atoms with Crippen LogP contribution >= 0.6 is 34.7 Å². The standard InChI is InChI=1S/C26H24ClN3O3S2/c1-15-19(27)10-6-11-20(15)30-25(32)23-18-9-3-4-12-21(18)35-24(23)29-26(30)34-14-22(31)28-16-7-5-8-17(13-16)33-2/h5-8,10-11,13H,3-4,9,12,14H2,1-2H3,(H,28,31). The first-order valence-electron chi connectivity index (χ1n) is 11.4. The van der Waals surface area contributed by atoms with Crippen molar-refractivity contribution in [2.45, 2.75) is 37.8 Å². The van der Waals surface area contributed by atoms with Gasteiger partial charge >= 0.3 is 0 Å². The molecule has 5 rings (SSSR count). The minimum Gasteiger partial charge on any atom is -0.497 e. The second-order valence-electron chi connectivity index (χ2n) is 8.38. The number of benzene rings is 2. The van der Waals surface area contributed by atoms with E-state index < -0.39 is 0 Å². The zero-order valence-corrected chi connectivity index (χ0v) is 21.8. The number of nitrogens with zero attached hydrogens (tertiary/aromatic N) is 2. The fourth-order valence-electron chi connectivity index (χ4n) is 4.36. The third-order valence-electron chi connectivity index (χ3n) is 6.12. The molecule has 0 fully saturated rings. The van der Waals surface area contributed by atoms with Crippen LogP contribution in [-0.2, 0) is 17.6 Å². The average molecular weight is 526 g/mol. The molecule has 0 unspecified atom stereocenters. The third-order valence-corrected chi connectivity index (χ3v) is 8.66. The van der Waals surface area contributed by atoms with Crippen LogP contribution in [0.5, 0.6) is 5.75 Å². The maximum Gasteiger partial charge on any atom is 0.267 e. The van der Waals surface area contributed by atoms with E-state index in [1.807, 2.05) is 31.2 Å². The molecule has 0 saturated heterocycles. The molecule has 2 aromatic carbocycles. The maximum atomic E-state index is 13.9. The number of fused-ring (bicyclic) bond motifs is 3. The van der Waals surface area contributed by atoms with Gasteiger partial charge in [0, 0.05) is 21.7 Å². The molecule has 4 aromatic rings. The van der Waals surface area contributed by atoms with Crippen molar-refractivity contribution in [1.29, 1.82) is 0 Å². The number of rotatable bonds is 6. The number of thiophene rings is 1. The Labute approximate surface area is 216 Å². The summed E-state index contributed by atoms with van der Waals surface area (Å²) < 4.78 is 6.85. The smallest absolute Gasteiger partial charge is 0.267 e. The summed E-state index contributed by atoms with van der Waals surface area (Å²) in [6.45, 7) is 1.89. The molecule has 0 atom stereocenters. The van der Waals surface area contributed by atoms with Crippen LogP contribution in [0.15, 0.2) is 52.4 Å². The molecule has 0 spiro atoms. The Hall–Kier alpha value is -2.81. The number of carbonyl (C=O) groups excluding carboxylic acids is 1. The van der Waals surface area contributed by atoms with Crippen LogP contribution in [0, 0.1) is 6.92 Å². The van der Waals surface area contributed by atoms with E-state index in [2.05, 4.69) is 5.32 Å². The number of aromatic nitrogens is 2. The monoisotopic (exact) mass is 525 g/mol. The Kier molecular flexibility index (Phi) is 6.86. The van der Waals surface area contributed by atoms with E-state index in [1.165, 1.54) is 16.6 Å². The van der Waals surface area contributed by atoms with Crippen LogP contribution in [0.25, 0.3) is 15.9 Å². The molecule has 1 aliphatic rings. The lowest BCUT2D eigenvalue weighted by Crippen LogP contribution is -2.24. The largest absolute Gasteiger partial charge is 0.497 e. The SMILES string of the molecule is COc1cccc(NC(=O)CSc2nc3sc4c(c3c(=O)n2-c2cccc(Cl)c2C)CCCC4)c1. The van der Waals surface area contributed by atoms with Gasteiger partial charge in [0.05, 0.1) is 23.9 Å². The third kappa shape index (κ3) is 4.70. The predicted molar refractivity (Wildman–Crippen MR) is 144 cm³/mol. The quantitative estimate of drug-likeness (QED) is 0.246. The highest BCUT2D eigenvalue weighted by Crippen LogP contribution is 2.36. The van der Waals surface area contributed by atoms with Crippen molar-refractivity contribution in [2.75, 3.05) is 18.2 Å². The van der Waals surface area contributed by atoms with Gasteiger partial charge < -0.3 is 10.1 Å². The van der Waals surface area contributed by atoms with Crippen LogP contribution in [0.2, 0.25) is 5.02 Å². The lowest BCUT2D eigenvalue weighted by molar-refractivity contribution is -0.113. The van der Waals surface area contributed by atoms with Gasteiger partial charge in [0.25, 0.3) is 5.56 Å². The second-order valence-corrected chi connectivity index (χ2v) is 10.8. The van der Waals surface area contributed by atoms with Gasteiger partial charge in [0.2, 0.25) is 5.91 Å². The van der Waals surface area contributed by atoms with Gasteiger partial charge in [-0.3, -0.25) is 14.2 Å². The van der Waals surface area contributed by atoms with Crippen molar-refractivity contribution in [3.8, 4) is 11.4 Å². The van der Waals surface area contributed by atoms with Crippen molar-refractivity contribution in [2.24, 2.45) is 0 Å². The number of hydrogen-bond donors (Lipinski definition) is 1. The van der Waals surface area contributed by atoms with E-state index in [0.717, 1.165) is 41.6 Å². The molecule has 0 aliphatic heterocycles. The Morgan fingerprint density at radius 3 is 2.86 bits per heavy atom. The molecule has 2 heterocycles. The molecule has 1 N–H and O–H groups in total. The van der Waals surface area contributed by atoms with E-state index in [0.29, 0.717) is 32.7 Å². The summed E-state index contributed by atoms with van der Waals surface area (Å²) in [5.41, 5.74) is 3.16. The van der Waals surface area contributed by atoms with Gasteiger partial charge in [-0.05, 0) is 68.0 Å². The lowest BCUT2D eigenvalue weighted by Gasteiger charge is -2.16. The highest BCUT2D eigenvalue weighted by Gasteiger charge is 2.24. The van der Waals surface area contributed by atoms with Crippen LogP contribution < -0.4 is 15.6 Å². The first kappa shape index (κ1) is 23.9. The highest BCUT2D eigenvalue weighted by atomic mass is 35.5. The zero-order valence-electron chi connectivity index (χ0n) is 19.4. The number of nitrogens with one attached hydrogen (secondary N) is 1. The molecule has 1 aliphatic carbocycles. The molecule has 0 radical (unpaired) electrons. The number of halogens is 1.